The van der Waals surface area contributed by atoms with Gasteiger partial charge in [0.25, 0.3) is 0 Å². The average molecular weight is 321 g/mol. The third kappa shape index (κ3) is 2.76. The summed E-state index contributed by atoms with van der Waals surface area (Å²) in [5, 5.41) is 12.1. The van der Waals surface area contributed by atoms with Gasteiger partial charge in [-0.2, -0.15) is 0 Å². The van der Waals surface area contributed by atoms with E-state index in [1.807, 2.05) is 43.3 Å². The quantitative estimate of drug-likeness (QED) is 0.799. The van der Waals surface area contributed by atoms with Gasteiger partial charge in [0, 0.05) is 23.6 Å². The lowest BCUT2D eigenvalue weighted by atomic mass is 10.1. The smallest absolute Gasteiger partial charge is 0.231 e. The molecule has 0 aliphatic heterocycles. The van der Waals surface area contributed by atoms with Crippen LogP contribution >= 0.6 is 0 Å². The predicted molar refractivity (Wildman–Crippen MR) is 90.9 cm³/mol. The van der Waals surface area contributed by atoms with Crippen molar-refractivity contribution in [2.75, 3.05) is 11.9 Å². The Morgan fingerprint density at radius 3 is 2.46 bits per heavy atom. The number of benzene rings is 2. The molecule has 1 N–H and O–H groups in total. The lowest BCUT2D eigenvalue weighted by Gasteiger charge is -2.20. The zero-order valence-corrected chi connectivity index (χ0v) is 13.5. The highest BCUT2D eigenvalue weighted by Crippen LogP contribution is 2.25. The number of carboxylic acids is 1. The predicted octanol–water partition coefficient (Wildman–Crippen LogP) is 2.05. The van der Waals surface area contributed by atoms with Crippen molar-refractivity contribution in [2.45, 2.75) is 13.3 Å². The minimum absolute atomic E-state index is 0.0157. The summed E-state index contributed by atoms with van der Waals surface area (Å²) in [6.07, 6.45) is -0.0157. The van der Waals surface area contributed by atoms with E-state index in [2.05, 4.69) is 4.98 Å². The number of carboxylic acid groups (broad SMARTS) is 1. The molecular weight excluding hydrogens is 304 g/mol. The van der Waals surface area contributed by atoms with Gasteiger partial charge in [0.15, 0.2) is 0 Å². The first-order valence-electron chi connectivity index (χ1n) is 7.62. The zero-order valence-electron chi connectivity index (χ0n) is 13.5. The summed E-state index contributed by atoms with van der Waals surface area (Å²) in [6, 6.07) is 14.8. The third-order valence-corrected chi connectivity index (χ3v) is 4.20. The summed E-state index contributed by atoms with van der Waals surface area (Å²) in [7, 11) is 1.69. The van der Waals surface area contributed by atoms with Crippen LogP contribution in [0.4, 0.5) is 5.69 Å². The molecule has 3 rings (SSSR count). The van der Waals surface area contributed by atoms with Crippen LogP contribution in [0.2, 0.25) is 0 Å². The number of carbonyl (C=O) groups is 2. The van der Waals surface area contributed by atoms with Crippen LogP contribution in [0.25, 0.3) is 10.9 Å². The van der Waals surface area contributed by atoms with Crippen molar-refractivity contribution >= 4 is 28.5 Å². The molecule has 5 nitrogen and oxygen atoms in total. The Morgan fingerprint density at radius 2 is 1.75 bits per heavy atom. The van der Waals surface area contributed by atoms with Crippen LogP contribution < -0.4 is 10.0 Å². The van der Waals surface area contributed by atoms with E-state index in [9.17, 15) is 14.7 Å². The number of amides is 1. The fourth-order valence-corrected chi connectivity index (χ4v) is 2.90. The number of carbonyl (C=O) groups excluding carboxylic acids is 2. The van der Waals surface area contributed by atoms with E-state index in [1.54, 1.807) is 24.1 Å². The SMILES string of the molecule is Cc1ccccc1N(C)C(=O)Cc1c(C(=O)[O-])[nH]c2ccccc12. The Morgan fingerprint density at radius 1 is 1.08 bits per heavy atom. The van der Waals surface area contributed by atoms with Crippen molar-refractivity contribution in [3.63, 3.8) is 0 Å². The van der Waals surface area contributed by atoms with Crippen LogP contribution in [-0.4, -0.2) is 23.9 Å². The number of fused-ring (bicyclic) bond motifs is 1. The maximum atomic E-state index is 12.7. The molecule has 122 valence electrons. The molecule has 3 aromatic rings. The number of nitrogens with zero attached hydrogens (tertiary/aromatic N) is 1. The van der Waals surface area contributed by atoms with Crippen molar-refractivity contribution in [2.24, 2.45) is 0 Å². The van der Waals surface area contributed by atoms with Crippen molar-refractivity contribution in [1.82, 2.24) is 4.98 Å². The molecule has 0 fully saturated rings. The third-order valence-electron chi connectivity index (χ3n) is 4.20. The van der Waals surface area contributed by atoms with Crippen molar-refractivity contribution in [1.29, 1.82) is 0 Å². The maximum absolute atomic E-state index is 12.7. The fraction of sp³-hybridized carbons (Fsp3) is 0.158. The van der Waals surface area contributed by atoms with E-state index < -0.39 is 5.97 Å². The number of rotatable bonds is 4. The highest BCUT2D eigenvalue weighted by atomic mass is 16.4. The lowest BCUT2D eigenvalue weighted by molar-refractivity contribution is -0.255. The molecule has 1 amide bonds. The minimum Gasteiger partial charge on any atom is -0.543 e. The maximum Gasteiger partial charge on any atom is 0.231 e. The van der Waals surface area contributed by atoms with Gasteiger partial charge in [-0.15, -0.1) is 0 Å². The second-order valence-corrected chi connectivity index (χ2v) is 5.73. The monoisotopic (exact) mass is 321 g/mol. The lowest BCUT2D eigenvalue weighted by Crippen LogP contribution is -2.30. The Bertz CT molecular complexity index is 927. The van der Waals surface area contributed by atoms with Crippen LogP contribution in [0, 0.1) is 6.92 Å². The molecule has 0 radical (unpaired) electrons. The first-order chi connectivity index (χ1) is 11.5. The summed E-state index contributed by atoms with van der Waals surface area (Å²) >= 11 is 0. The molecule has 5 heteroatoms. The number of H-pyrrole nitrogens is 1. The van der Waals surface area contributed by atoms with Gasteiger partial charge in [-0.3, -0.25) is 4.79 Å². The Hall–Kier alpha value is -3.08. The standard InChI is InChI=1S/C19H18N2O3/c1-12-7-3-6-10-16(12)21(2)17(22)11-14-13-8-4-5-9-15(13)20-18(14)19(23)24/h3-10,20H,11H2,1-2H3,(H,23,24)/p-1. The number of nitrogens with one attached hydrogen (secondary N) is 1. The van der Waals surface area contributed by atoms with E-state index in [1.165, 1.54) is 0 Å². The van der Waals surface area contributed by atoms with Crippen molar-refractivity contribution in [3.05, 3.63) is 65.4 Å². The molecule has 0 atom stereocenters. The summed E-state index contributed by atoms with van der Waals surface area (Å²) < 4.78 is 0. The summed E-state index contributed by atoms with van der Waals surface area (Å²) in [4.78, 5) is 28.5. The van der Waals surface area contributed by atoms with Gasteiger partial charge < -0.3 is 19.8 Å². The molecule has 1 aromatic heterocycles. The van der Waals surface area contributed by atoms with Gasteiger partial charge in [-0.1, -0.05) is 36.4 Å². The number of aromatic nitrogens is 1. The van der Waals surface area contributed by atoms with Gasteiger partial charge in [0.05, 0.1) is 18.1 Å². The Labute approximate surface area is 139 Å². The number of para-hydroxylation sites is 2. The van der Waals surface area contributed by atoms with Crippen LogP contribution in [0.3, 0.4) is 0 Å². The molecule has 2 aromatic carbocycles. The number of hydrogen-bond acceptors (Lipinski definition) is 3. The van der Waals surface area contributed by atoms with E-state index in [-0.39, 0.29) is 18.0 Å². The molecule has 0 saturated heterocycles. The second kappa shape index (κ2) is 6.20. The molecule has 1 heterocycles. The highest BCUT2D eigenvalue weighted by Gasteiger charge is 2.19. The topological polar surface area (TPSA) is 76.2 Å². The number of aryl methyl sites for hydroxylation is 1. The van der Waals surface area contributed by atoms with Gasteiger partial charge in [-0.05, 0) is 30.2 Å². The Balaban J connectivity index is 1.97. The van der Waals surface area contributed by atoms with E-state index in [0.29, 0.717) is 11.1 Å². The largest absolute Gasteiger partial charge is 0.543 e. The van der Waals surface area contributed by atoms with Gasteiger partial charge in [-0.25, -0.2) is 0 Å². The van der Waals surface area contributed by atoms with Crippen molar-refractivity contribution < 1.29 is 14.7 Å². The first kappa shape index (κ1) is 15.8. The zero-order chi connectivity index (χ0) is 17.3. The first-order valence-corrected chi connectivity index (χ1v) is 7.62. The molecular formula is C19H17N2O3-. The number of likely N-dealkylation sites (N-methyl/N-ethyl adjacent to an activating group) is 1. The van der Waals surface area contributed by atoms with Gasteiger partial charge >= 0.3 is 0 Å². The minimum atomic E-state index is -1.31. The molecule has 0 unspecified atom stereocenters. The van der Waals surface area contributed by atoms with E-state index in [0.717, 1.165) is 16.6 Å². The fourth-order valence-electron chi connectivity index (χ4n) is 2.90. The second-order valence-electron chi connectivity index (χ2n) is 5.73. The summed E-state index contributed by atoms with van der Waals surface area (Å²) in [5.41, 5.74) is 2.88. The Kier molecular flexibility index (Phi) is 4.08. The number of aromatic carboxylic acids is 1. The number of anilines is 1. The summed E-state index contributed by atoms with van der Waals surface area (Å²) in [5.74, 6) is -1.50. The molecule has 0 aliphatic rings. The van der Waals surface area contributed by atoms with Crippen LogP contribution in [0.5, 0.6) is 0 Å². The average Bonchev–Trinajstić information content (AvgIpc) is 2.94. The molecule has 0 bridgehead atoms. The van der Waals surface area contributed by atoms with E-state index in [4.69, 9.17) is 0 Å². The van der Waals surface area contributed by atoms with Crippen molar-refractivity contribution in [3.8, 4) is 0 Å². The van der Waals surface area contributed by atoms with Gasteiger partial charge in [0.2, 0.25) is 5.91 Å². The molecule has 24 heavy (non-hydrogen) atoms. The van der Waals surface area contributed by atoms with Gasteiger partial charge in [0.1, 0.15) is 0 Å². The number of hydrogen-bond donors (Lipinski definition) is 1. The molecule has 0 spiro atoms. The highest BCUT2D eigenvalue weighted by molar-refractivity contribution is 6.02. The van der Waals surface area contributed by atoms with E-state index >= 15 is 0 Å². The molecule has 0 saturated carbocycles. The van der Waals surface area contributed by atoms with Crippen LogP contribution in [-0.2, 0) is 11.2 Å². The molecule has 0 aliphatic carbocycles. The number of aromatic amines is 1. The van der Waals surface area contributed by atoms with Crippen LogP contribution in [0.15, 0.2) is 48.5 Å². The normalized spacial score (nSPS) is 10.8. The summed E-state index contributed by atoms with van der Waals surface area (Å²) in [6.45, 7) is 1.93. The van der Waals surface area contributed by atoms with Crippen LogP contribution in [0.1, 0.15) is 21.6 Å².